The molecule has 0 saturated carbocycles. The number of likely N-dealkylation sites (N-methyl/N-ethyl adjacent to an activating group) is 1. The number of hydrogen-bond acceptors (Lipinski definition) is 10. The Hall–Kier alpha value is -4.86. The largest absolute Gasteiger partial charge is 0.501 e. The zero-order valence-electron chi connectivity index (χ0n) is 42.8. The predicted octanol–water partition coefficient (Wildman–Crippen LogP) is 13.1. The maximum absolute atomic E-state index is 14.4. The number of piperidine rings is 1. The van der Waals surface area contributed by atoms with Crippen LogP contribution in [0.2, 0.25) is 18.1 Å². The average Bonchev–Trinajstić information content (AvgIpc) is 3.34. The van der Waals surface area contributed by atoms with Gasteiger partial charge in [0.15, 0.2) is 8.32 Å². The molecule has 1 saturated heterocycles. The molecule has 6 rings (SSSR count). The van der Waals surface area contributed by atoms with Gasteiger partial charge in [0.25, 0.3) is 25.8 Å². The molecule has 20 heteroatoms. The Morgan fingerprint density at radius 1 is 0.811 bits per heavy atom. The number of rotatable bonds is 20. The molecule has 5 aromatic rings. The van der Waals surface area contributed by atoms with Crippen molar-refractivity contribution in [2.45, 2.75) is 116 Å². The summed E-state index contributed by atoms with van der Waals surface area (Å²) in [6.07, 6.45) is -2.49. The van der Waals surface area contributed by atoms with E-state index in [0.29, 0.717) is 50.8 Å². The van der Waals surface area contributed by atoms with Gasteiger partial charge in [0.1, 0.15) is 4.90 Å². The number of sulfonamides is 1. The minimum atomic E-state index is -6.13. The number of carbonyl (C=O) groups excluding carboxylic acids is 1. The topological polar surface area (TPSA) is 125 Å². The van der Waals surface area contributed by atoms with Crippen LogP contribution in [-0.4, -0.2) is 92.6 Å². The number of nitrogens with one attached hydrogen (secondary N) is 2. The summed E-state index contributed by atoms with van der Waals surface area (Å²) in [5, 5.41) is 2.73. The Kier molecular flexibility index (Phi) is 18.6. The number of benzene rings is 5. The number of hydrogen-bond donors (Lipinski definition) is 2. The van der Waals surface area contributed by atoms with Gasteiger partial charge in [-0.25, -0.2) is 21.6 Å². The first kappa shape index (κ1) is 58.4. The summed E-state index contributed by atoms with van der Waals surface area (Å²) in [5.74, 6) is -0.734. The highest BCUT2D eigenvalue weighted by atomic mass is 32.2. The lowest BCUT2D eigenvalue weighted by molar-refractivity contribution is -0.137. The van der Waals surface area contributed by atoms with E-state index in [-0.39, 0.29) is 27.7 Å². The Morgan fingerprint density at radius 3 is 2.01 bits per heavy atom. The second kappa shape index (κ2) is 23.6. The molecule has 1 heterocycles. The van der Waals surface area contributed by atoms with E-state index in [0.717, 1.165) is 58.8 Å². The summed E-state index contributed by atoms with van der Waals surface area (Å²) in [6, 6.07) is 30.1. The lowest BCUT2D eigenvalue weighted by atomic mass is 9.78. The summed E-state index contributed by atoms with van der Waals surface area (Å²) >= 11 is 1.45. The number of alkyl halides is 6. The maximum Gasteiger partial charge on any atom is 0.501 e. The van der Waals surface area contributed by atoms with E-state index >= 15 is 0 Å². The number of nitrogens with zero attached hydrogens (tertiary/aromatic N) is 2. The zero-order valence-corrected chi connectivity index (χ0v) is 46.3. The van der Waals surface area contributed by atoms with Gasteiger partial charge < -0.3 is 19.5 Å². The molecule has 2 N–H and O–H groups in total. The Labute approximate surface area is 437 Å². The molecule has 74 heavy (non-hydrogen) atoms. The van der Waals surface area contributed by atoms with Gasteiger partial charge in [-0.2, -0.15) is 26.3 Å². The maximum atomic E-state index is 14.4. The van der Waals surface area contributed by atoms with Crippen molar-refractivity contribution in [3.63, 3.8) is 0 Å². The highest BCUT2D eigenvalue weighted by molar-refractivity contribution is 8.00. The van der Waals surface area contributed by atoms with Crippen molar-refractivity contribution in [1.82, 2.24) is 9.62 Å². The fourth-order valence-electron chi connectivity index (χ4n) is 8.67. The van der Waals surface area contributed by atoms with Gasteiger partial charge in [-0.15, -0.1) is 11.8 Å². The molecular weight excluding hydrogens is 1040 g/mol. The first-order chi connectivity index (χ1) is 34.5. The van der Waals surface area contributed by atoms with Gasteiger partial charge in [-0.05, 0) is 146 Å². The van der Waals surface area contributed by atoms with Gasteiger partial charge in [0, 0.05) is 53.7 Å². The van der Waals surface area contributed by atoms with Crippen molar-refractivity contribution in [1.29, 1.82) is 0 Å². The van der Waals surface area contributed by atoms with Gasteiger partial charge >= 0.3 is 11.7 Å². The van der Waals surface area contributed by atoms with E-state index in [1.54, 1.807) is 12.1 Å². The molecule has 0 radical (unpaired) electrons. The van der Waals surface area contributed by atoms with E-state index in [1.165, 1.54) is 36.0 Å². The molecule has 0 bridgehead atoms. The number of carbonyl (C=O) groups is 1. The van der Waals surface area contributed by atoms with Crippen molar-refractivity contribution in [2.75, 3.05) is 50.1 Å². The van der Waals surface area contributed by atoms with Crippen LogP contribution in [0.3, 0.4) is 0 Å². The summed E-state index contributed by atoms with van der Waals surface area (Å²) in [6.45, 7) is 17.6. The number of sulfone groups is 1. The highest BCUT2D eigenvalue weighted by Crippen LogP contribution is 2.41. The van der Waals surface area contributed by atoms with Gasteiger partial charge in [0.05, 0.1) is 16.1 Å². The fraction of sp³-hybridized carbons (Fsp3) is 0.426. The lowest BCUT2D eigenvalue weighted by Crippen LogP contribution is -2.42. The van der Waals surface area contributed by atoms with Crippen LogP contribution < -0.4 is 14.9 Å². The third-order valence-electron chi connectivity index (χ3n) is 14.3. The second-order valence-corrected chi connectivity index (χ2v) is 30.3. The Balaban J connectivity index is 1.14. The van der Waals surface area contributed by atoms with Crippen LogP contribution in [0.5, 0.6) is 0 Å². The van der Waals surface area contributed by atoms with Gasteiger partial charge in [0.2, 0.25) is 0 Å². The minimum Gasteiger partial charge on any atom is -0.416 e. The lowest BCUT2D eigenvalue weighted by Gasteiger charge is -2.37. The number of anilines is 2. The van der Waals surface area contributed by atoms with Crippen molar-refractivity contribution in [3.05, 3.63) is 138 Å². The molecule has 1 aliphatic rings. The minimum absolute atomic E-state index is 0.0129. The quantitative estimate of drug-likeness (QED) is 0.0442. The number of thioether (sulfide) groups is 1. The molecule has 1 fully saturated rings. The smallest absolute Gasteiger partial charge is 0.416 e. The summed E-state index contributed by atoms with van der Waals surface area (Å²) in [5.41, 5.74) is -3.65. The van der Waals surface area contributed by atoms with Crippen LogP contribution in [-0.2, 0) is 30.5 Å². The van der Waals surface area contributed by atoms with E-state index in [2.05, 4.69) is 51.0 Å². The normalized spacial score (nSPS) is 15.7. The third-order valence-corrected chi connectivity index (χ3v) is 23.0. The molecule has 402 valence electrons. The zero-order chi connectivity index (χ0) is 54.4. The van der Waals surface area contributed by atoms with Crippen LogP contribution in [0.25, 0.3) is 11.1 Å². The second-order valence-electron chi connectivity index (χ2n) is 20.5. The summed E-state index contributed by atoms with van der Waals surface area (Å²) in [7, 11) is -11.2. The highest BCUT2D eigenvalue weighted by Gasteiger charge is 2.49. The van der Waals surface area contributed by atoms with Crippen LogP contribution >= 0.6 is 11.8 Å². The SMILES string of the molecule is CC(c1ccccc1-c1ccc(C(F)(F)F)cc1)C1CCN(c2ccc(C(=O)NS(=O)(=O)c3ccc(N[C@H](CCN(C)CCO[Si](C)(C)C(C)(C)C)C(C)Sc4ccccc4)c(S(=O)(=O)C(F)(F)F)c3)cc2)CC1. The van der Waals surface area contributed by atoms with Crippen molar-refractivity contribution >= 4 is 57.2 Å². The number of amides is 1. The Bertz CT molecular complexity index is 2910. The average molecular weight is 1110 g/mol. The number of halogens is 6. The fourth-order valence-corrected chi connectivity index (χ4v) is 12.8. The van der Waals surface area contributed by atoms with Gasteiger partial charge in [-0.3, -0.25) is 4.79 Å². The van der Waals surface area contributed by atoms with Crippen LogP contribution in [0, 0.1) is 5.92 Å². The van der Waals surface area contributed by atoms with E-state index in [4.69, 9.17) is 4.43 Å². The van der Waals surface area contributed by atoms with E-state index < -0.39 is 72.9 Å². The molecule has 10 nitrogen and oxygen atoms in total. The first-order valence-corrected chi connectivity index (χ1v) is 31.2. The van der Waals surface area contributed by atoms with Crippen LogP contribution in [0.15, 0.2) is 136 Å². The third kappa shape index (κ3) is 14.5. The summed E-state index contributed by atoms with van der Waals surface area (Å²) in [4.78, 5) is 16.3. The molecule has 3 atom stereocenters. The molecule has 5 aromatic carbocycles. The Morgan fingerprint density at radius 2 is 1.42 bits per heavy atom. The monoisotopic (exact) mass is 1100 g/mol. The van der Waals surface area contributed by atoms with Crippen molar-refractivity contribution in [2.24, 2.45) is 5.92 Å². The molecule has 0 spiro atoms. The molecule has 1 amide bonds. The van der Waals surface area contributed by atoms with Gasteiger partial charge in [-0.1, -0.05) is 89.2 Å². The van der Waals surface area contributed by atoms with E-state index in [1.807, 2.05) is 78.2 Å². The first-order valence-electron chi connectivity index (χ1n) is 24.4. The van der Waals surface area contributed by atoms with Crippen molar-refractivity contribution in [3.8, 4) is 11.1 Å². The predicted molar refractivity (Wildman–Crippen MR) is 285 cm³/mol. The van der Waals surface area contributed by atoms with Crippen LogP contribution in [0.4, 0.5) is 37.7 Å². The molecule has 2 unspecified atom stereocenters. The molecule has 0 aromatic heterocycles. The molecule has 1 aliphatic heterocycles. The standard InChI is InChI=1S/C54H66F6N4O6S3Si/c1-37(46-16-12-13-17-47(46)40-18-22-42(23-19-40)53(55,56)57)39-28-32-64(33-29-39)43-24-20-41(21-25-43)51(65)62-73(68,69)45-26-27-49(50(36-45)72(66,67)54(58,59)60)61-48(38(2)71-44-14-10-9-11-15-44)30-31-63(6)34-35-70-74(7,8)52(3,4)5/h9-27,36-39,48,61H,28-35H2,1-8H3,(H,62,65)/t37?,38?,48-/m1/s1. The molecular formula is C54H66F6N4O6S3Si. The van der Waals surface area contributed by atoms with E-state index in [9.17, 15) is 48.0 Å². The summed E-state index contributed by atoms with van der Waals surface area (Å²) < 4.78 is 145. The van der Waals surface area contributed by atoms with Crippen molar-refractivity contribution < 1.29 is 52.4 Å². The van der Waals surface area contributed by atoms with Crippen LogP contribution in [0.1, 0.15) is 81.3 Å². The molecule has 0 aliphatic carbocycles.